The molecule has 1 saturated heterocycles. The van der Waals surface area contributed by atoms with Crippen LogP contribution in [0.5, 0.6) is 0 Å². The van der Waals surface area contributed by atoms with Gasteiger partial charge in [0.2, 0.25) is 5.91 Å². The Labute approximate surface area is 291 Å². The highest BCUT2D eigenvalue weighted by atomic mass is 19.4. The first-order valence-corrected chi connectivity index (χ1v) is 16.9. The monoisotopic (exact) mass is 709 g/mol. The number of nitrogens with one attached hydrogen (secondary N) is 2. The summed E-state index contributed by atoms with van der Waals surface area (Å²) in [5, 5.41) is 18.8. The molecule has 0 atom stereocenters. The molecule has 1 aliphatic heterocycles. The number of hydrogen-bond donors (Lipinski definition) is 2. The van der Waals surface area contributed by atoms with Crippen LogP contribution >= 0.6 is 0 Å². The van der Waals surface area contributed by atoms with Gasteiger partial charge < -0.3 is 20.5 Å². The van der Waals surface area contributed by atoms with Crippen LogP contribution in [0.3, 0.4) is 0 Å². The second-order valence-electron chi connectivity index (χ2n) is 13.4. The van der Waals surface area contributed by atoms with Gasteiger partial charge in [-0.3, -0.25) is 9.59 Å². The third-order valence-electron chi connectivity index (χ3n) is 10.1. The van der Waals surface area contributed by atoms with Crippen molar-refractivity contribution < 1.29 is 40.6 Å². The van der Waals surface area contributed by atoms with E-state index in [-0.39, 0.29) is 38.0 Å². The van der Waals surface area contributed by atoms with Crippen LogP contribution in [0.4, 0.5) is 26.3 Å². The maximum Gasteiger partial charge on any atom is 0.416 e. The highest BCUT2D eigenvalue weighted by molar-refractivity contribution is 6.00. The van der Waals surface area contributed by atoms with E-state index < -0.39 is 40.4 Å². The zero-order chi connectivity index (χ0) is 36.4. The first-order chi connectivity index (χ1) is 24.2. The van der Waals surface area contributed by atoms with E-state index in [1.807, 2.05) is 24.3 Å². The van der Waals surface area contributed by atoms with E-state index in [2.05, 4.69) is 10.6 Å². The molecule has 4 aromatic rings. The minimum absolute atomic E-state index is 0.209. The predicted octanol–water partition coefficient (Wildman–Crippen LogP) is 8.39. The average molecular weight is 710 g/mol. The van der Waals surface area contributed by atoms with Crippen molar-refractivity contribution in [3.05, 3.63) is 125 Å². The minimum Gasteiger partial charge on any atom is -0.633 e. The van der Waals surface area contributed by atoms with E-state index in [9.17, 15) is 41.1 Å². The molecular formula is C39H37F6N3O3. The van der Waals surface area contributed by atoms with Crippen LogP contribution < -0.4 is 10.6 Å². The zero-order valence-corrected chi connectivity index (χ0v) is 27.6. The number of halogens is 6. The third kappa shape index (κ3) is 7.82. The third-order valence-corrected chi connectivity index (χ3v) is 10.1. The summed E-state index contributed by atoms with van der Waals surface area (Å²) in [7, 11) is 0. The van der Waals surface area contributed by atoms with Crippen molar-refractivity contribution in [3.63, 3.8) is 0 Å². The van der Waals surface area contributed by atoms with Gasteiger partial charge >= 0.3 is 12.4 Å². The number of carbonyl (C=O) groups is 2. The summed E-state index contributed by atoms with van der Waals surface area (Å²) in [6.07, 6.45) is -6.93. The Kier molecular flexibility index (Phi) is 10.0. The standard InChI is InChI=1S/C39H37F6N3O3/c40-38(41,42)25-46-36(50)37(33-9-3-1-7-31(33)32-8-2-4-10-34(32)37)21-5-6-22-48(51)23-19-30(20-24-48)47-35(49)28-13-11-26(12-14-28)27-15-17-29(18-16-27)39(43,44)45/h1-4,7-18,30H,5-6,19-25H2,(H,46,50)(H,47,49). The van der Waals surface area contributed by atoms with E-state index >= 15 is 0 Å². The summed E-state index contributed by atoms with van der Waals surface area (Å²) >= 11 is 0. The molecule has 2 aliphatic rings. The molecule has 0 radical (unpaired) electrons. The largest absolute Gasteiger partial charge is 0.633 e. The van der Waals surface area contributed by atoms with E-state index in [4.69, 9.17) is 0 Å². The van der Waals surface area contributed by atoms with Gasteiger partial charge in [-0.15, -0.1) is 0 Å². The Morgan fingerprint density at radius 2 is 1.27 bits per heavy atom. The minimum atomic E-state index is -4.57. The number of amides is 2. The molecule has 0 unspecified atom stereocenters. The van der Waals surface area contributed by atoms with Gasteiger partial charge in [0.25, 0.3) is 5.91 Å². The summed E-state index contributed by atoms with van der Waals surface area (Å²) in [6, 6.07) is 25.7. The van der Waals surface area contributed by atoms with Crippen molar-refractivity contribution in [3.8, 4) is 22.3 Å². The van der Waals surface area contributed by atoms with Crippen LogP contribution in [0.1, 0.15) is 59.2 Å². The molecular weight excluding hydrogens is 672 g/mol. The lowest BCUT2D eigenvalue weighted by atomic mass is 9.73. The summed E-state index contributed by atoms with van der Waals surface area (Å²) in [6.45, 7) is -0.610. The van der Waals surface area contributed by atoms with Gasteiger partial charge in [0.15, 0.2) is 0 Å². The van der Waals surface area contributed by atoms with Crippen LogP contribution in [0.25, 0.3) is 22.3 Å². The van der Waals surface area contributed by atoms with Gasteiger partial charge in [-0.1, -0.05) is 72.8 Å². The van der Waals surface area contributed by atoms with Crippen LogP contribution in [-0.2, 0) is 16.4 Å². The molecule has 51 heavy (non-hydrogen) atoms. The van der Waals surface area contributed by atoms with Crippen molar-refractivity contribution in [2.24, 2.45) is 0 Å². The summed E-state index contributed by atoms with van der Waals surface area (Å²) < 4.78 is 77.7. The predicted molar refractivity (Wildman–Crippen MR) is 181 cm³/mol. The van der Waals surface area contributed by atoms with Crippen molar-refractivity contribution in [1.29, 1.82) is 0 Å². The fourth-order valence-electron chi connectivity index (χ4n) is 7.42. The van der Waals surface area contributed by atoms with Crippen molar-refractivity contribution in [2.75, 3.05) is 26.2 Å². The van der Waals surface area contributed by atoms with Gasteiger partial charge in [-0.25, -0.2) is 0 Å². The Balaban J connectivity index is 1.04. The Morgan fingerprint density at radius 1 is 0.745 bits per heavy atom. The highest BCUT2D eigenvalue weighted by Gasteiger charge is 2.49. The molecule has 0 saturated carbocycles. The number of hydroxylamine groups is 3. The number of alkyl halides is 6. The molecule has 0 aromatic heterocycles. The number of hydrogen-bond acceptors (Lipinski definition) is 3. The van der Waals surface area contributed by atoms with Crippen LogP contribution in [0.15, 0.2) is 97.1 Å². The second kappa shape index (κ2) is 14.1. The number of likely N-dealkylation sites (tertiary alicyclic amines) is 1. The lowest BCUT2D eigenvalue weighted by Crippen LogP contribution is -2.53. The van der Waals surface area contributed by atoms with E-state index in [1.165, 1.54) is 12.1 Å². The maximum absolute atomic E-state index is 13.7. The number of quaternary nitrogens is 1. The number of rotatable bonds is 10. The summed E-state index contributed by atoms with van der Waals surface area (Å²) in [5.41, 5.74) is 2.51. The number of fused-ring (bicyclic) bond motifs is 3. The van der Waals surface area contributed by atoms with Gasteiger partial charge in [0.05, 0.1) is 25.2 Å². The first kappa shape index (κ1) is 36.1. The van der Waals surface area contributed by atoms with Gasteiger partial charge in [-0.2, -0.15) is 26.3 Å². The van der Waals surface area contributed by atoms with Crippen molar-refractivity contribution >= 4 is 11.8 Å². The Hall–Kier alpha value is -4.68. The number of piperidine rings is 1. The molecule has 2 N–H and O–H groups in total. The molecule has 0 spiro atoms. The number of unbranched alkanes of at least 4 members (excludes halogenated alkanes) is 1. The number of nitrogens with zero attached hydrogens (tertiary/aromatic N) is 1. The molecule has 1 fully saturated rings. The first-order valence-electron chi connectivity index (χ1n) is 16.9. The molecule has 2 amide bonds. The molecule has 6 nitrogen and oxygen atoms in total. The fraction of sp³-hybridized carbons (Fsp3) is 0.333. The van der Waals surface area contributed by atoms with Crippen molar-refractivity contribution in [2.45, 2.75) is 55.9 Å². The molecule has 12 heteroatoms. The topological polar surface area (TPSA) is 81.3 Å². The van der Waals surface area contributed by atoms with E-state index in [0.717, 1.165) is 23.3 Å². The molecule has 1 heterocycles. The van der Waals surface area contributed by atoms with E-state index in [0.29, 0.717) is 53.5 Å². The summed E-state index contributed by atoms with van der Waals surface area (Å²) in [5.74, 6) is -1.02. The zero-order valence-electron chi connectivity index (χ0n) is 27.6. The van der Waals surface area contributed by atoms with E-state index in [1.54, 1.807) is 48.5 Å². The van der Waals surface area contributed by atoms with Crippen LogP contribution in [-0.4, -0.2) is 54.9 Å². The quantitative estimate of drug-likeness (QED) is 0.0752. The normalized spacial score (nSPS) is 19.5. The Morgan fingerprint density at radius 3 is 1.80 bits per heavy atom. The average Bonchev–Trinajstić information content (AvgIpc) is 3.40. The second-order valence-corrected chi connectivity index (χ2v) is 13.4. The SMILES string of the molecule is O=C(NC1CC[N+]([O-])(CCCCC2(C(=O)NCC(F)(F)F)c3ccccc3-c3ccccc32)CC1)c1ccc(-c2ccc(C(F)(F)F)cc2)cc1. The molecule has 268 valence electrons. The smallest absolute Gasteiger partial charge is 0.416 e. The number of benzene rings is 4. The lowest BCUT2D eigenvalue weighted by Gasteiger charge is -2.47. The molecule has 1 aliphatic carbocycles. The maximum atomic E-state index is 13.7. The summed E-state index contributed by atoms with van der Waals surface area (Å²) in [4.78, 5) is 26.7. The molecule has 6 rings (SSSR count). The fourth-order valence-corrected chi connectivity index (χ4v) is 7.42. The van der Waals surface area contributed by atoms with Crippen LogP contribution in [0.2, 0.25) is 0 Å². The van der Waals surface area contributed by atoms with Gasteiger partial charge in [0.1, 0.15) is 12.0 Å². The van der Waals surface area contributed by atoms with Gasteiger partial charge in [-0.05, 0) is 76.9 Å². The molecule has 0 bridgehead atoms. The van der Waals surface area contributed by atoms with Crippen LogP contribution in [0, 0.1) is 5.21 Å². The van der Waals surface area contributed by atoms with Crippen molar-refractivity contribution in [1.82, 2.24) is 10.6 Å². The lowest BCUT2D eigenvalue weighted by molar-refractivity contribution is -0.886. The van der Waals surface area contributed by atoms with Gasteiger partial charge in [0, 0.05) is 24.4 Å². The highest BCUT2D eigenvalue weighted by Crippen LogP contribution is 2.51. The Bertz CT molecular complexity index is 1820. The number of carbonyl (C=O) groups excluding carboxylic acids is 2. The molecule has 4 aromatic carbocycles.